The van der Waals surface area contributed by atoms with Crippen LogP contribution in [0.2, 0.25) is 0 Å². The van der Waals surface area contributed by atoms with Gasteiger partial charge in [0.1, 0.15) is 158 Å². The van der Waals surface area contributed by atoms with E-state index in [0.717, 1.165) is 23.5 Å². The molecule has 24 heterocycles. The molecule has 0 spiro atoms. The van der Waals surface area contributed by atoms with Crippen LogP contribution in [0.25, 0.3) is 0 Å². The molecule has 23 N–H and O–H groups in total. The van der Waals surface area contributed by atoms with E-state index in [0.29, 0.717) is 0 Å². The Balaban J connectivity index is 1.10. The maximum Gasteiger partial charge on any atom is 0.321 e. The molecule has 44 heteroatoms. The second-order valence-corrected chi connectivity index (χ2v) is 28.1. The molecule has 0 amide bonds. The number of aliphatic hydroxyl groups excluding tert-OH is 19. The van der Waals surface area contributed by atoms with Crippen molar-refractivity contribution in [3.05, 3.63) is 0 Å². The van der Waals surface area contributed by atoms with Crippen LogP contribution in [0.15, 0.2) is 0 Å². The smallest absolute Gasteiger partial charge is 0.321 e. The van der Waals surface area contributed by atoms with E-state index in [-0.39, 0.29) is 56.6 Å². The van der Waals surface area contributed by atoms with Crippen LogP contribution in [0, 0.1) is 11.8 Å². The zero-order valence-corrected chi connectivity index (χ0v) is 57.1. The van der Waals surface area contributed by atoms with E-state index >= 15 is 0 Å². The molecular weight excluding hydrogens is 1440 g/mol. The van der Waals surface area contributed by atoms with Gasteiger partial charge in [-0.25, -0.2) is 0 Å². The molecule has 24 fully saturated rings. The van der Waals surface area contributed by atoms with Crippen LogP contribution in [0.3, 0.4) is 0 Å². The molecule has 37 atom stereocenters. The summed E-state index contributed by atoms with van der Waals surface area (Å²) in [4.78, 5) is 48.8. The summed E-state index contributed by atoms with van der Waals surface area (Å²) >= 11 is 1.62. The molecular formula is C59H97NO41S2. The van der Waals surface area contributed by atoms with Gasteiger partial charge in [0.05, 0.1) is 95.7 Å². The molecule has 24 saturated heterocycles. The first-order valence-corrected chi connectivity index (χ1v) is 35.5. The zero-order chi connectivity index (χ0) is 75.6. The number of likely N-dealkylation sites (N-methyl/N-ethyl adjacent to an activating group) is 1. The lowest BCUT2D eigenvalue weighted by atomic mass is 9.76. The number of thioether (sulfide) groups is 2. The van der Waals surface area contributed by atoms with Gasteiger partial charge in [-0.2, -0.15) is 23.5 Å². The van der Waals surface area contributed by atoms with Crippen LogP contribution < -0.4 is 5.32 Å². The number of hydrogen-bond donors (Lipinski definition) is 23. The minimum absolute atomic E-state index is 0.0533. The number of ether oxygens (including phenoxy) is 15. The number of Topliss-reactive ketones (excluding diaryl/α,β-unsaturated/α-hetero) is 2. The number of aliphatic carboxylic acids is 2. The van der Waals surface area contributed by atoms with Gasteiger partial charge in [0.25, 0.3) is 0 Å². The Bertz CT molecular complexity index is 2650. The van der Waals surface area contributed by atoms with Gasteiger partial charge in [-0.3, -0.25) is 19.2 Å². The van der Waals surface area contributed by atoms with Gasteiger partial charge >= 0.3 is 11.9 Å². The number of carbonyl (C=O) groups is 4. The molecule has 103 heavy (non-hydrogen) atoms. The van der Waals surface area contributed by atoms with E-state index < -0.39 is 295 Å². The Morgan fingerprint density at radius 2 is 0.738 bits per heavy atom. The minimum Gasteiger partial charge on any atom is -0.481 e. The number of carboxylic acids is 2. The zero-order valence-electron chi connectivity index (χ0n) is 55.5. The predicted molar refractivity (Wildman–Crippen MR) is 331 cm³/mol. The van der Waals surface area contributed by atoms with Crippen LogP contribution in [-0.2, 0) is 90.2 Å². The quantitative estimate of drug-likeness (QED) is 0.0340. The van der Waals surface area contributed by atoms with E-state index in [9.17, 15) is 132 Å². The Morgan fingerprint density at radius 3 is 1.09 bits per heavy atom. The number of carboxylic acid groups (broad SMARTS) is 2. The number of ketones is 2. The van der Waals surface area contributed by atoms with Crippen molar-refractivity contribution in [1.29, 1.82) is 0 Å². The lowest BCUT2D eigenvalue weighted by Gasteiger charge is -2.55. The van der Waals surface area contributed by atoms with Gasteiger partial charge in [-0.1, -0.05) is 0 Å². The van der Waals surface area contributed by atoms with Crippen molar-refractivity contribution in [3.63, 3.8) is 0 Å². The largest absolute Gasteiger partial charge is 0.481 e. The van der Waals surface area contributed by atoms with Gasteiger partial charge in [-0.15, -0.1) is 0 Å². The second-order valence-electron chi connectivity index (χ2n) is 26.0. The SMILES string of the molecule is CN[C@H](CSCC1OC2O[C@@H]3C(CO)O[C@H](O[C@@H]4C(CO)O[C@@](O)(C5C(CO)O[C@H](O[C@@H]6C(CSC[C@@H](CC(=O)CCOCCOCCC(C)=O)C(=O)O)O[C@H](O[C@@H]7C(CO)O[C@@H](O[C@@H]8C(CO)O[C@@H](O[C@H]1[C@H](O)[C@@H]2O)C(O)[C@H]8O)C(O)[C@H]7O)C(O)[C@H]6O)C(O)[C@H]5O)C(O)[C@H]4O)C(O)[C@H]3O)C(=O)O. The third-order valence-corrected chi connectivity index (χ3v) is 21.3. The highest BCUT2D eigenvalue weighted by Crippen LogP contribution is 2.45. The molecule has 0 radical (unpaired) electrons. The van der Waals surface area contributed by atoms with E-state index in [1.54, 1.807) is 0 Å². The average Bonchev–Trinajstić information content (AvgIpc) is 0.752. The Hall–Kier alpha value is -2.46. The monoisotopic (exact) mass is 1540 g/mol. The van der Waals surface area contributed by atoms with Crippen molar-refractivity contribution < 1.29 is 203 Å². The topological polar surface area (TPSA) is 664 Å². The summed E-state index contributed by atoms with van der Waals surface area (Å²) in [6, 6.07) is -1.19. The fourth-order valence-electron chi connectivity index (χ4n) is 13.1. The minimum atomic E-state index is -3.42. The molecule has 42 nitrogen and oxygen atoms in total. The molecule has 14 bridgehead atoms. The van der Waals surface area contributed by atoms with Crippen molar-refractivity contribution >= 4 is 47.0 Å². The summed E-state index contributed by atoms with van der Waals surface area (Å²) in [6.45, 7) is -4.37. The lowest BCUT2D eigenvalue weighted by molar-refractivity contribution is -0.428. The number of hydrogen-bond acceptors (Lipinski definition) is 42. The summed E-state index contributed by atoms with van der Waals surface area (Å²) in [5, 5.41) is 253. The molecule has 24 rings (SSSR count). The standard InChI is InChI=1S/C59H97NO41S2/c1-19(66)3-5-87-7-8-88-6-4-21(67)9-20(51(82)83)15-102-17-28-48-35(72)41(78)57(93-28)96-45-25(12-63)90-54(38(75)32(45)69)95-44-24(11-62)92-56(40(77)34(44)71)100-49-29(18-103-16-22(60-2)52(84)85)94-58(42(79)36(49)73)97-46-26(13-64)91-55(39(76)33(46)70)98-47-27(14-65)101-59(86,50(81)43(47)80)30-23(10-61)89-53(99-48)37(74)31(30)68/h20,22-50,53-58,60-65,68-81,86H,3-18H2,1-2H3,(H,82,83)(H,84,85)/t20-,22-,23?,24?,25?,26?,27?,28?,29?,30?,31+,32-,33-,34-,35-,36-,37?,38?,39?,40?,41?,42+,43+,44-,45-,46-,47-,48-,49-,50?,53-,54+,55-,56+,57-,58?,59+/m1/s1. The van der Waals surface area contributed by atoms with Crippen LogP contribution >= 0.6 is 23.5 Å². The van der Waals surface area contributed by atoms with Crippen molar-refractivity contribution in [2.75, 3.05) is 89.5 Å². The van der Waals surface area contributed by atoms with Crippen molar-refractivity contribution in [1.82, 2.24) is 5.32 Å². The second kappa shape index (κ2) is 38.9. The molecule has 0 aliphatic carbocycles. The van der Waals surface area contributed by atoms with E-state index in [4.69, 9.17) is 71.1 Å². The van der Waals surface area contributed by atoms with Gasteiger partial charge in [0, 0.05) is 42.3 Å². The molecule has 0 aromatic rings. The van der Waals surface area contributed by atoms with Gasteiger partial charge in [0.2, 0.25) is 5.79 Å². The Kier molecular flexibility index (Phi) is 32.6. The van der Waals surface area contributed by atoms with E-state index in [1.807, 2.05) is 0 Å². The third kappa shape index (κ3) is 20.0. The van der Waals surface area contributed by atoms with Crippen molar-refractivity contribution in [3.8, 4) is 0 Å². The first-order chi connectivity index (χ1) is 48.9. The number of nitrogens with one attached hydrogen (secondary N) is 1. The highest BCUT2D eigenvalue weighted by atomic mass is 32.2. The summed E-state index contributed by atoms with van der Waals surface area (Å²) < 4.78 is 87.3. The molecule has 596 valence electrons. The van der Waals surface area contributed by atoms with Crippen LogP contribution in [0.5, 0.6) is 0 Å². The first-order valence-electron chi connectivity index (χ1n) is 33.2. The third-order valence-electron chi connectivity index (χ3n) is 19.0. The first kappa shape index (κ1) is 86.1. The number of aliphatic hydroxyl groups is 20. The highest BCUT2D eigenvalue weighted by molar-refractivity contribution is 7.99. The van der Waals surface area contributed by atoms with Gasteiger partial charge < -0.3 is 189 Å². The fourth-order valence-corrected chi connectivity index (χ4v) is 15.5. The normalized spacial score (nSPS) is 45.5. The fraction of sp³-hybridized carbons (Fsp3) is 0.932. The van der Waals surface area contributed by atoms with Crippen molar-refractivity contribution in [2.45, 2.75) is 241 Å². The van der Waals surface area contributed by atoms with Crippen LogP contribution in [0.1, 0.15) is 26.2 Å². The Labute approximate surface area is 594 Å². The van der Waals surface area contributed by atoms with E-state index in [2.05, 4.69) is 5.32 Å². The van der Waals surface area contributed by atoms with Gasteiger partial charge in [-0.05, 0) is 14.0 Å². The highest BCUT2D eigenvalue weighted by Gasteiger charge is 2.66. The summed E-state index contributed by atoms with van der Waals surface area (Å²) in [6.07, 6.45) is -71.9. The molecule has 24 aliphatic heterocycles. The van der Waals surface area contributed by atoms with Gasteiger partial charge in [0.15, 0.2) is 37.7 Å². The Morgan fingerprint density at radius 1 is 0.408 bits per heavy atom. The molecule has 0 aromatic carbocycles. The summed E-state index contributed by atoms with van der Waals surface area (Å²) in [7, 11) is 1.34. The van der Waals surface area contributed by atoms with Crippen molar-refractivity contribution in [2.24, 2.45) is 11.8 Å². The lowest BCUT2D eigenvalue weighted by Crippen LogP contribution is -2.75. The molecule has 24 aliphatic rings. The maximum absolute atomic E-state index is 13.0. The average molecular weight is 1540 g/mol. The van der Waals surface area contributed by atoms with E-state index in [1.165, 1.54) is 14.0 Å². The molecule has 0 saturated carbocycles. The molecule has 0 aromatic heterocycles. The van der Waals surface area contributed by atoms with Crippen LogP contribution in [0.4, 0.5) is 0 Å². The molecule has 15 unspecified atom stereocenters. The maximum atomic E-state index is 13.0. The number of carbonyl (C=O) groups excluding carboxylic acids is 2. The summed E-state index contributed by atoms with van der Waals surface area (Å²) in [5.41, 5.74) is 0. The summed E-state index contributed by atoms with van der Waals surface area (Å²) in [5.74, 6) is -12.0. The predicted octanol–water partition coefficient (Wildman–Crippen LogP) is -13.4. The number of rotatable bonds is 27. The van der Waals surface area contributed by atoms with Crippen LogP contribution in [-0.4, -0.2) is 440 Å².